The number of piperazine rings is 2. The van der Waals surface area contributed by atoms with Crippen LogP contribution in [-0.2, 0) is 35.0 Å². The highest BCUT2D eigenvalue weighted by Crippen LogP contribution is 2.31. The number of rotatable bonds is 17. The molecule has 466 valence electrons. The van der Waals surface area contributed by atoms with Crippen molar-refractivity contribution in [2.24, 2.45) is 14.1 Å². The number of amides is 2. The molecule has 0 bridgehead atoms. The molecule has 6 aromatic carbocycles. The summed E-state index contributed by atoms with van der Waals surface area (Å²) in [4.78, 5) is 43.5. The number of hydrogen-bond acceptors (Lipinski definition) is 13. The molecule has 4 N–H and O–H groups in total. The van der Waals surface area contributed by atoms with Gasteiger partial charge in [-0.15, -0.1) is 0 Å². The number of esters is 1. The number of aryl methyl sites for hydroxylation is 5. The Hall–Kier alpha value is -8.61. The molecule has 2 aromatic heterocycles. The number of nitrogens with two attached hydrogens (primary N) is 1. The van der Waals surface area contributed by atoms with Gasteiger partial charge in [-0.3, -0.25) is 24.0 Å². The van der Waals surface area contributed by atoms with Gasteiger partial charge in [0.15, 0.2) is 11.6 Å². The zero-order valence-electron chi connectivity index (χ0n) is 52.7. The predicted molar refractivity (Wildman–Crippen MR) is 348 cm³/mol. The van der Waals surface area contributed by atoms with E-state index in [0.717, 1.165) is 64.8 Å². The van der Waals surface area contributed by atoms with Crippen molar-refractivity contribution in [1.29, 1.82) is 0 Å². The third-order valence-corrected chi connectivity index (χ3v) is 15.0. The van der Waals surface area contributed by atoms with Crippen molar-refractivity contribution in [2.45, 2.75) is 105 Å². The standard InChI is InChI=1S/C25H33N5O3.C23H35N5O5.3C7H8/c1-18-15-29(25(31)33-17-20-9-5-4-6-10-20)16-19(2)30(18)13-8-14-32-22-12-7-11-21-23(22)28(3)27-24(21)26;1-5-32-20(29)10-11-24-22-18-8-6-9-19(21(18)26(4)25-22)33-13-7-12-28-16(2)14-27(23(30)31)15-17(28)3;3*1-7-5-3-2-4-6-7/h4-7,9-12,18-19H,8,13-17H2,1-3H3,(H2,26,27);6,8-9,16-17H,5,7,10-15H2,1-4H3,(H,24,25)(H,30,31);3*2-6H,1H3/t;16-,17+;;;. The van der Waals surface area contributed by atoms with Gasteiger partial charge in [-0.25, -0.2) is 9.59 Å². The summed E-state index contributed by atoms with van der Waals surface area (Å²) in [7, 11) is 3.75. The van der Waals surface area contributed by atoms with Crippen molar-refractivity contribution in [3.63, 3.8) is 0 Å². The highest BCUT2D eigenvalue weighted by atomic mass is 16.6. The summed E-state index contributed by atoms with van der Waals surface area (Å²) in [5.41, 5.74) is 12.8. The maximum atomic E-state index is 12.6. The molecule has 18 nitrogen and oxygen atoms in total. The van der Waals surface area contributed by atoms with Crippen molar-refractivity contribution in [2.75, 3.05) is 76.7 Å². The molecule has 18 heteroatoms. The molecular weight excluding hydrogens is 1100 g/mol. The first-order valence-corrected chi connectivity index (χ1v) is 30.3. The molecule has 4 atom stereocenters. The number of para-hydroxylation sites is 2. The highest BCUT2D eigenvalue weighted by molar-refractivity contribution is 5.94. The molecule has 2 amide bonds. The van der Waals surface area contributed by atoms with Crippen molar-refractivity contribution in [3.05, 3.63) is 180 Å². The SMILES string of the molecule is CC1CN(C(=O)OCc2ccccc2)CC(C)N1CCCOc1cccc2c(N)nn(C)c12.CCOC(=O)CCNc1nn(C)c2c(OCCCN3[C@H](C)CN(C(=O)O)C[C@@H]3C)cccc12.Cc1ccccc1.Cc1ccccc1.Cc1ccccc1. The number of carbonyl (C=O) groups is 3. The Morgan fingerprint density at radius 1 is 0.563 bits per heavy atom. The van der Waals surface area contributed by atoms with E-state index < -0.39 is 6.09 Å². The number of aromatic nitrogens is 4. The van der Waals surface area contributed by atoms with Crippen molar-refractivity contribution < 1.29 is 38.4 Å². The van der Waals surface area contributed by atoms with Crippen LogP contribution in [0.2, 0.25) is 0 Å². The molecule has 0 saturated carbocycles. The number of nitrogens with one attached hydrogen (secondary N) is 1. The molecule has 2 aliphatic heterocycles. The molecule has 2 aliphatic rings. The molecule has 2 unspecified atom stereocenters. The molecule has 10 rings (SSSR count). The van der Waals surface area contributed by atoms with Crippen LogP contribution in [-0.4, -0.2) is 152 Å². The molecule has 87 heavy (non-hydrogen) atoms. The predicted octanol–water partition coefficient (Wildman–Crippen LogP) is 12.4. The van der Waals surface area contributed by atoms with Crippen LogP contribution in [0.4, 0.5) is 21.2 Å². The molecule has 0 spiro atoms. The van der Waals surface area contributed by atoms with Crippen molar-refractivity contribution in [3.8, 4) is 11.5 Å². The quantitative estimate of drug-likeness (QED) is 0.0575. The average molecular weight is 1190 g/mol. The summed E-state index contributed by atoms with van der Waals surface area (Å²) in [6.45, 7) is 22.9. The van der Waals surface area contributed by atoms with Gasteiger partial charge in [-0.2, -0.15) is 10.2 Å². The average Bonchev–Trinajstić information content (AvgIpc) is 1.97. The fraction of sp³-hybridized carbons (Fsp3) is 0.406. The summed E-state index contributed by atoms with van der Waals surface area (Å²) in [5.74, 6) is 2.55. The molecular formula is C69H92N10O8. The Kier molecular flexibility index (Phi) is 27.3. The van der Waals surface area contributed by atoms with Gasteiger partial charge < -0.3 is 44.9 Å². The molecule has 0 radical (unpaired) electrons. The number of anilines is 2. The third-order valence-electron chi connectivity index (χ3n) is 15.0. The topological polar surface area (TPSA) is 195 Å². The Morgan fingerprint density at radius 3 is 1.43 bits per heavy atom. The van der Waals surface area contributed by atoms with Crippen LogP contribution in [0.15, 0.2) is 158 Å². The highest BCUT2D eigenvalue weighted by Gasteiger charge is 2.33. The summed E-state index contributed by atoms with van der Waals surface area (Å²) in [6, 6.07) is 53.1. The second kappa shape index (κ2) is 35.1. The number of nitrogen functional groups attached to an aromatic ring is 1. The number of hydrogen-bond donors (Lipinski definition) is 3. The number of fused-ring (bicyclic) bond motifs is 2. The van der Waals surface area contributed by atoms with Crippen LogP contribution in [0.1, 0.15) is 76.1 Å². The van der Waals surface area contributed by atoms with E-state index in [1.165, 1.54) is 21.6 Å². The zero-order valence-corrected chi connectivity index (χ0v) is 52.7. The van der Waals surface area contributed by atoms with Gasteiger partial charge in [-0.1, -0.05) is 150 Å². The maximum absolute atomic E-state index is 12.6. The largest absolute Gasteiger partial charge is 0.491 e. The van der Waals surface area contributed by atoms with Crippen LogP contribution < -0.4 is 20.5 Å². The van der Waals surface area contributed by atoms with Crippen molar-refractivity contribution in [1.82, 2.24) is 39.2 Å². The molecule has 4 heterocycles. The van der Waals surface area contributed by atoms with E-state index in [9.17, 15) is 19.5 Å². The smallest absolute Gasteiger partial charge is 0.410 e. The van der Waals surface area contributed by atoms with Crippen LogP contribution in [0.3, 0.4) is 0 Å². The fourth-order valence-corrected chi connectivity index (χ4v) is 10.7. The summed E-state index contributed by atoms with van der Waals surface area (Å²) in [5, 5.41) is 23.2. The van der Waals surface area contributed by atoms with E-state index >= 15 is 0 Å². The summed E-state index contributed by atoms with van der Waals surface area (Å²) >= 11 is 0. The molecule has 2 saturated heterocycles. The lowest BCUT2D eigenvalue weighted by Gasteiger charge is -2.44. The monoisotopic (exact) mass is 1190 g/mol. The lowest BCUT2D eigenvalue weighted by atomic mass is 10.1. The first-order chi connectivity index (χ1) is 41.9. The van der Waals surface area contributed by atoms with Crippen LogP contribution in [0.5, 0.6) is 11.5 Å². The lowest BCUT2D eigenvalue weighted by Crippen LogP contribution is -2.58. The van der Waals surface area contributed by atoms with E-state index in [1.54, 1.807) is 16.3 Å². The Balaban J connectivity index is 0.000000207. The van der Waals surface area contributed by atoms with E-state index in [4.69, 9.17) is 24.7 Å². The van der Waals surface area contributed by atoms with Crippen LogP contribution in [0, 0.1) is 20.8 Å². The lowest BCUT2D eigenvalue weighted by molar-refractivity contribution is -0.142. The summed E-state index contributed by atoms with van der Waals surface area (Å²) in [6.07, 6.45) is 0.900. The summed E-state index contributed by atoms with van der Waals surface area (Å²) < 4.78 is 26.2. The number of carboxylic acid groups (broad SMARTS) is 1. The van der Waals surface area contributed by atoms with Gasteiger partial charge >= 0.3 is 18.2 Å². The van der Waals surface area contributed by atoms with Crippen LogP contribution in [0.25, 0.3) is 21.8 Å². The second-order valence-electron chi connectivity index (χ2n) is 22.1. The fourth-order valence-electron chi connectivity index (χ4n) is 10.7. The minimum absolute atomic E-state index is 0.175. The van der Waals surface area contributed by atoms with Gasteiger partial charge in [0.25, 0.3) is 0 Å². The second-order valence-corrected chi connectivity index (χ2v) is 22.1. The Labute approximate surface area is 514 Å². The molecule has 0 aliphatic carbocycles. The van der Waals surface area contributed by atoms with Gasteiger partial charge in [0, 0.05) is 94.8 Å². The molecule has 2 fully saturated rings. The van der Waals surface area contributed by atoms with E-state index in [-0.39, 0.29) is 42.7 Å². The number of nitrogens with zero attached hydrogens (tertiary/aromatic N) is 8. The number of ether oxygens (including phenoxy) is 4. The minimum atomic E-state index is -0.851. The number of carbonyl (C=O) groups excluding carboxylic acids is 2. The minimum Gasteiger partial charge on any atom is -0.491 e. The van der Waals surface area contributed by atoms with E-state index in [2.05, 4.69) is 110 Å². The molecule has 8 aromatic rings. The van der Waals surface area contributed by atoms with E-state index in [1.807, 2.05) is 140 Å². The van der Waals surface area contributed by atoms with E-state index in [0.29, 0.717) is 70.8 Å². The Bertz CT molecular complexity index is 3200. The van der Waals surface area contributed by atoms with Gasteiger partial charge in [0.1, 0.15) is 29.1 Å². The van der Waals surface area contributed by atoms with Gasteiger partial charge in [-0.05, 0) is 98.1 Å². The first kappa shape index (κ1) is 67.5. The first-order valence-electron chi connectivity index (χ1n) is 30.3. The number of benzene rings is 6. The Morgan fingerprint density at radius 2 is 0.989 bits per heavy atom. The van der Waals surface area contributed by atoms with Gasteiger partial charge in [0.05, 0.1) is 26.2 Å². The normalized spacial score (nSPS) is 16.5. The maximum Gasteiger partial charge on any atom is 0.410 e. The van der Waals surface area contributed by atoms with Gasteiger partial charge in [0.2, 0.25) is 0 Å². The van der Waals surface area contributed by atoms with Crippen molar-refractivity contribution >= 4 is 51.6 Å². The third kappa shape index (κ3) is 21.4. The zero-order chi connectivity index (χ0) is 62.7. The van der Waals surface area contributed by atoms with Crippen LogP contribution >= 0.6 is 0 Å².